The van der Waals surface area contributed by atoms with Gasteiger partial charge in [-0.15, -0.1) is 0 Å². The van der Waals surface area contributed by atoms with Crippen LogP contribution in [0.2, 0.25) is 10.0 Å². The lowest BCUT2D eigenvalue weighted by molar-refractivity contribution is 0.465. The molecule has 1 aromatic heterocycles. The summed E-state index contributed by atoms with van der Waals surface area (Å²) in [4.78, 5) is 17.4. The number of nitrogens with zero attached hydrogens (tertiary/aromatic N) is 1. The van der Waals surface area contributed by atoms with Crippen molar-refractivity contribution in [1.29, 1.82) is 0 Å². The first-order valence-electron chi connectivity index (χ1n) is 4.74. The Kier molecular flexibility index (Phi) is 3.31. The number of nitrogens with one attached hydrogen (secondary N) is 1. The molecule has 2 aromatic rings. The molecule has 0 saturated heterocycles. The van der Waals surface area contributed by atoms with Crippen LogP contribution in [-0.4, -0.2) is 9.97 Å². The largest absolute Gasteiger partial charge is 0.435 e. The molecule has 0 saturated carbocycles. The van der Waals surface area contributed by atoms with Crippen LogP contribution in [0.1, 0.15) is 0 Å². The van der Waals surface area contributed by atoms with Gasteiger partial charge in [-0.25, -0.2) is 4.98 Å². The van der Waals surface area contributed by atoms with E-state index >= 15 is 0 Å². The van der Waals surface area contributed by atoms with E-state index in [2.05, 4.69) is 9.97 Å². The summed E-state index contributed by atoms with van der Waals surface area (Å²) < 4.78 is 5.33. The van der Waals surface area contributed by atoms with Gasteiger partial charge in [-0.2, -0.15) is 0 Å². The molecule has 0 radical (unpaired) electrons. The van der Waals surface area contributed by atoms with Crippen LogP contribution in [0.15, 0.2) is 23.3 Å². The first-order valence-corrected chi connectivity index (χ1v) is 5.50. The van der Waals surface area contributed by atoms with E-state index in [1.165, 1.54) is 18.5 Å². The van der Waals surface area contributed by atoms with Crippen LogP contribution in [0.4, 0.5) is 11.4 Å². The van der Waals surface area contributed by atoms with Crippen LogP contribution in [-0.2, 0) is 0 Å². The summed E-state index contributed by atoms with van der Waals surface area (Å²) in [7, 11) is 0. The fraction of sp³-hybridized carbons (Fsp3) is 0. The van der Waals surface area contributed by atoms with Gasteiger partial charge in [0.2, 0.25) is 5.88 Å². The number of hydrogen-bond acceptors (Lipinski definition) is 5. The molecular formula is C10H8Cl2N4O2. The van der Waals surface area contributed by atoms with Crippen molar-refractivity contribution in [1.82, 2.24) is 9.97 Å². The predicted molar refractivity (Wildman–Crippen MR) is 70.2 cm³/mol. The van der Waals surface area contributed by atoms with Gasteiger partial charge in [0.25, 0.3) is 5.56 Å². The smallest absolute Gasteiger partial charge is 0.277 e. The van der Waals surface area contributed by atoms with Gasteiger partial charge >= 0.3 is 0 Å². The van der Waals surface area contributed by atoms with E-state index in [0.29, 0.717) is 5.02 Å². The topological polar surface area (TPSA) is 107 Å². The number of ether oxygens (including phenoxy) is 1. The molecule has 0 unspecified atom stereocenters. The fourth-order valence-electron chi connectivity index (χ4n) is 1.21. The third-order valence-corrected chi connectivity index (χ3v) is 2.83. The van der Waals surface area contributed by atoms with Crippen molar-refractivity contribution in [3.63, 3.8) is 0 Å². The van der Waals surface area contributed by atoms with E-state index in [4.69, 9.17) is 39.4 Å². The molecule has 0 aliphatic heterocycles. The van der Waals surface area contributed by atoms with Crippen molar-refractivity contribution < 1.29 is 4.74 Å². The molecule has 5 N–H and O–H groups in total. The number of anilines is 2. The monoisotopic (exact) mass is 286 g/mol. The maximum atomic E-state index is 11.3. The number of hydrogen-bond donors (Lipinski definition) is 3. The summed E-state index contributed by atoms with van der Waals surface area (Å²) in [6, 6.07) is 2.85. The SMILES string of the molecule is Nc1cc(Cl)c(Cl)cc1Oc1nc[nH]c(=O)c1N. The molecule has 0 bridgehead atoms. The molecule has 18 heavy (non-hydrogen) atoms. The fourth-order valence-corrected chi connectivity index (χ4v) is 1.54. The lowest BCUT2D eigenvalue weighted by atomic mass is 10.3. The molecule has 0 aliphatic rings. The number of nitrogen functional groups attached to an aromatic ring is 2. The van der Waals surface area contributed by atoms with Gasteiger partial charge < -0.3 is 21.2 Å². The number of aromatic nitrogens is 2. The van der Waals surface area contributed by atoms with Gasteiger partial charge in [-0.1, -0.05) is 23.2 Å². The van der Waals surface area contributed by atoms with Crippen molar-refractivity contribution >= 4 is 34.6 Å². The van der Waals surface area contributed by atoms with Crippen molar-refractivity contribution in [2.45, 2.75) is 0 Å². The summed E-state index contributed by atoms with van der Waals surface area (Å²) in [5.74, 6) is 0.165. The molecule has 1 heterocycles. The molecule has 6 nitrogen and oxygen atoms in total. The number of halogens is 2. The highest BCUT2D eigenvalue weighted by atomic mass is 35.5. The first-order chi connectivity index (χ1) is 8.49. The molecule has 2 rings (SSSR count). The normalized spacial score (nSPS) is 10.3. The van der Waals surface area contributed by atoms with Crippen molar-refractivity contribution in [3.05, 3.63) is 38.9 Å². The Labute approximate surface area is 111 Å². The Balaban J connectivity index is 2.43. The van der Waals surface area contributed by atoms with Crippen LogP contribution in [0.3, 0.4) is 0 Å². The van der Waals surface area contributed by atoms with E-state index in [9.17, 15) is 4.79 Å². The second kappa shape index (κ2) is 4.75. The third kappa shape index (κ3) is 2.34. The molecule has 0 fully saturated rings. The highest BCUT2D eigenvalue weighted by molar-refractivity contribution is 6.42. The van der Waals surface area contributed by atoms with Gasteiger partial charge in [0.05, 0.1) is 22.1 Å². The zero-order valence-electron chi connectivity index (χ0n) is 8.91. The average Bonchev–Trinajstić information content (AvgIpc) is 2.32. The molecule has 0 amide bonds. The van der Waals surface area contributed by atoms with Crippen LogP contribution in [0.25, 0.3) is 0 Å². The van der Waals surface area contributed by atoms with Gasteiger partial charge in [-0.3, -0.25) is 4.79 Å². The lowest BCUT2D eigenvalue weighted by Crippen LogP contribution is -2.13. The quantitative estimate of drug-likeness (QED) is 0.732. The molecule has 94 valence electrons. The van der Waals surface area contributed by atoms with Crippen LogP contribution in [0, 0.1) is 0 Å². The van der Waals surface area contributed by atoms with Gasteiger partial charge in [0.15, 0.2) is 11.4 Å². The predicted octanol–water partition coefficient (Wildman–Crippen LogP) is 2.03. The number of benzene rings is 1. The Bertz CT molecular complexity index is 657. The Morgan fingerprint density at radius 2 is 1.89 bits per heavy atom. The summed E-state index contributed by atoms with van der Waals surface area (Å²) in [6.45, 7) is 0. The lowest BCUT2D eigenvalue weighted by Gasteiger charge is -2.09. The Hall–Kier alpha value is -1.92. The van der Waals surface area contributed by atoms with Gasteiger partial charge in [0, 0.05) is 6.07 Å². The van der Waals surface area contributed by atoms with Crippen molar-refractivity contribution in [2.75, 3.05) is 11.5 Å². The minimum absolute atomic E-state index is 0.0520. The molecular weight excluding hydrogens is 279 g/mol. The van der Waals surface area contributed by atoms with E-state index in [0.717, 1.165) is 0 Å². The Morgan fingerprint density at radius 1 is 1.22 bits per heavy atom. The zero-order chi connectivity index (χ0) is 13.3. The summed E-state index contributed by atoms with van der Waals surface area (Å²) in [5.41, 5.74) is 10.8. The molecule has 1 aromatic carbocycles. The second-order valence-electron chi connectivity index (χ2n) is 3.36. The maximum Gasteiger partial charge on any atom is 0.277 e. The summed E-state index contributed by atoms with van der Waals surface area (Å²) >= 11 is 11.6. The number of H-pyrrole nitrogens is 1. The van der Waals surface area contributed by atoms with Gasteiger partial charge in [0.1, 0.15) is 0 Å². The van der Waals surface area contributed by atoms with Crippen LogP contribution >= 0.6 is 23.2 Å². The number of nitrogens with two attached hydrogens (primary N) is 2. The molecule has 0 aliphatic carbocycles. The molecule has 0 atom stereocenters. The summed E-state index contributed by atoms with van der Waals surface area (Å²) in [6.07, 6.45) is 1.17. The van der Waals surface area contributed by atoms with Gasteiger partial charge in [-0.05, 0) is 6.07 Å². The van der Waals surface area contributed by atoms with E-state index in [-0.39, 0.29) is 28.0 Å². The van der Waals surface area contributed by atoms with Crippen LogP contribution < -0.4 is 21.8 Å². The molecule has 0 spiro atoms. The van der Waals surface area contributed by atoms with Crippen molar-refractivity contribution in [3.8, 4) is 11.6 Å². The molecule has 8 heteroatoms. The summed E-state index contributed by atoms with van der Waals surface area (Å²) in [5, 5.41) is 0.567. The maximum absolute atomic E-state index is 11.3. The van der Waals surface area contributed by atoms with Crippen molar-refractivity contribution in [2.24, 2.45) is 0 Å². The van der Waals surface area contributed by atoms with E-state index in [1.807, 2.05) is 0 Å². The minimum Gasteiger partial charge on any atom is -0.435 e. The number of rotatable bonds is 2. The minimum atomic E-state index is -0.501. The van der Waals surface area contributed by atoms with E-state index < -0.39 is 5.56 Å². The highest BCUT2D eigenvalue weighted by Crippen LogP contribution is 2.35. The first kappa shape index (κ1) is 12.5. The van der Waals surface area contributed by atoms with E-state index in [1.54, 1.807) is 0 Å². The second-order valence-corrected chi connectivity index (χ2v) is 4.17. The number of aromatic amines is 1. The zero-order valence-corrected chi connectivity index (χ0v) is 10.4. The Morgan fingerprint density at radius 3 is 2.61 bits per heavy atom. The highest BCUT2D eigenvalue weighted by Gasteiger charge is 2.11. The average molecular weight is 287 g/mol. The third-order valence-electron chi connectivity index (χ3n) is 2.11. The standard InChI is InChI=1S/C10H8Cl2N4O2/c11-4-1-6(13)7(2-5(4)12)18-10-8(14)9(17)15-3-16-10/h1-3H,13-14H2,(H,15,16,17). The van der Waals surface area contributed by atoms with Crippen LogP contribution in [0.5, 0.6) is 11.6 Å².